The molecule has 2 atom stereocenters. The fourth-order valence-electron chi connectivity index (χ4n) is 4.35. The zero-order valence-electron chi connectivity index (χ0n) is 17.7. The topological polar surface area (TPSA) is 84.0 Å². The van der Waals surface area contributed by atoms with E-state index in [0.717, 1.165) is 5.56 Å². The van der Waals surface area contributed by atoms with Crippen LogP contribution >= 0.6 is 11.6 Å². The van der Waals surface area contributed by atoms with Gasteiger partial charge in [-0.2, -0.15) is 0 Å². The Labute approximate surface area is 192 Å². The van der Waals surface area contributed by atoms with Crippen LogP contribution in [0.2, 0.25) is 5.02 Å². The molecule has 0 N–H and O–H groups in total. The van der Waals surface area contributed by atoms with Crippen LogP contribution in [0.1, 0.15) is 18.4 Å². The van der Waals surface area contributed by atoms with Gasteiger partial charge in [0, 0.05) is 25.6 Å². The van der Waals surface area contributed by atoms with E-state index in [1.165, 1.54) is 0 Å². The first-order valence-electron chi connectivity index (χ1n) is 10.5. The molecule has 0 aliphatic carbocycles. The first-order chi connectivity index (χ1) is 15.3. The van der Waals surface area contributed by atoms with Crippen LogP contribution in [0.3, 0.4) is 0 Å². The van der Waals surface area contributed by atoms with Crippen molar-refractivity contribution in [3.63, 3.8) is 0 Å². The summed E-state index contributed by atoms with van der Waals surface area (Å²) < 4.78 is 29.4. The van der Waals surface area contributed by atoms with E-state index in [4.69, 9.17) is 16.3 Å². The molecule has 2 heterocycles. The number of carbonyl (C=O) groups is 2. The van der Waals surface area contributed by atoms with E-state index in [0.29, 0.717) is 22.9 Å². The summed E-state index contributed by atoms with van der Waals surface area (Å²) in [4.78, 5) is 29.5. The Morgan fingerprint density at radius 3 is 2.53 bits per heavy atom. The van der Waals surface area contributed by atoms with Crippen LogP contribution in [-0.4, -0.2) is 56.3 Å². The van der Waals surface area contributed by atoms with Gasteiger partial charge in [0.05, 0.1) is 35.2 Å². The Kier molecular flexibility index (Phi) is 6.44. The van der Waals surface area contributed by atoms with Crippen molar-refractivity contribution in [2.75, 3.05) is 30.1 Å². The lowest BCUT2D eigenvalue weighted by atomic mass is 10.0. The van der Waals surface area contributed by atoms with Crippen LogP contribution in [0.5, 0.6) is 5.75 Å². The minimum absolute atomic E-state index is 0.0518. The summed E-state index contributed by atoms with van der Waals surface area (Å²) in [5, 5.41) is 0.450. The molecule has 2 aliphatic rings. The van der Waals surface area contributed by atoms with Crippen LogP contribution in [0.25, 0.3) is 0 Å². The molecule has 2 aromatic carbocycles. The van der Waals surface area contributed by atoms with Gasteiger partial charge in [0.15, 0.2) is 9.84 Å². The summed E-state index contributed by atoms with van der Waals surface area (Å²) in [6.45, 7) is 0.500. The van der Waals surface area contributed by atoms with E-state index in [2.05, 4.69) is 0 Å². The maximum atomic E-state index is 13.6. The third-order valence-electron chi connectivity index (χ3n) is 6.06. The maximum absolute atomic E-state index is 13.6. The summed E-state index contributed by atoms with van der Waals surface area (Å²) in [5.74, 6) is -0.207. The fraction of sp³-hybridized carbons (Fsp3) is 0.391. The molecule has 32 heavy (non-hydrogen) atoms. The molecule has 0 radical (unpaired) electrons. The third-order valence-corrected chi connectivity index (χ3v) is 8.13. The molecule has 0 aromatic heterocycles. The van der Waals surface area contributed by atoms with E-state index >= 15 is 0 Å². The Morgan fingerprint density at radius 2 is 1.91 bits per heavy atom. The number of nitrogens with zero attached hydrogens (tertiary/aromatic N) is 2. The highest BCUT2D eigenvalue weighted by atomic mass is 35.5. The normalized spacial score (nSPS) is 22.2. The zero-order chi connectivity index (χ0) is 22.9. The predicted octanol–water partition coefficient (Wildman–Crippen LogP) is 2.92. The van der Waals surface area contributed by atoms with E-state index in [1.807, 2.05) is 24.3 Å². The lowest BCUT2D eigenvalue weighted by molar-refractivity contribution is -0.138. The van der Waals surface area contributed by atoms with Crippen LogP contribution in [0.15, 0.2) is 48.5 Å². The molecule has 2 aliphatic heterocycles. The molecule has 2 amide bonds. The first kappa shape index (κ1) is 22.6. The van der Waals surface area contributed by atoms with Crippen molar-refractivity contribution in [2.24, 2.45) is 5.92 Å². The molecule has 4 rings (SSSR count). The molecular weight excluding hydrogens is 452 g/mol. The molecule has 0 bridgehead atoms. The van der Waals surface area contributed by atoms with Crippen molar-refractivity contribution in [1.82, 2.24) is 4.90 Å². The molecule has 170 valence electrons. The van der Waals surface area contributed by atoms with Crippen molar-refractivity contribution >= 4 is 38.9 Å². The fourth-order valence-corrected chi connectivity index (χ4v) is 6.32. The van der Waals surface area contributed by atoms with Gasteiger partial charge in [0.1, 0.15) is 5.75 Å². The quantitative estimate of drug-likeness (QED) is 0.640. The number of anilines is 1. The summed E-state index contributed by atoms with van der Waals surface area (Å²) in [5.41, 5.74) is 1.45. The number of hydrogen-bond acceptors (Lipinski definition) is 5. The number of halogens is 1. The van der Waals surface area contributed by atoms with Crippen molar-refractivity contribution < 1.29 is 22.7 Å². The number of ether oxygens (including phenoxy) is 1. The molecule has 9 heteroatoms. The third kappa shape index (κ3) is 4.76. The van der Waals surface area contributed by atoms with Gasteiger partial charge in [-0.1, -0.05) is 35.9 Å². The second-order valence-corrected chi connectivity index (χ2v) is 10.9. The number of carbonyl (C=O) groups excluding carboxylic acids is 2. The Morgan fingerprint density at radius 1 is 1.19 bits per heavy atom. The Balaban J connectivity index is 1.57. The molecule has 0 spiro atoms. The number of methoxy groups -OCH3 is 1. The van der Waals surface area contributed by atoms with E-state index in [9.17, 15) is 18.0 Å². The van der Waals surface area contributed by atoms with Gasteiger partial charge in [-0.15, -0.1) is 0 Å². The first-order valence-corrected chi connectivity index (χ1v) is 12.7. The summed E-state index contributed by atoms with van der Waals surface area (Å²) in [6.07, 6.45) is 0.474. The number of rotatable bonds is 6. The molecular formula is C23H25ClN2O5S. The number of hydrogen-bond donors (Lipinski definition) is 0. The highest BCUT2D eigenvalue weighted by Crippen LogP contribution is 2.33. The second kappa shape index (κ2) is 9.11. The standard InChI is InChI=1S/C23H25ClN2O5S/c1-31-19-8-6-16(7-9-19)13-25(18-10-11-32(29,30)15-18)23(28)17-12-22(27)26(14-17)21-5-3-2-4-20(21)24/h2-9,17-18H,10-15H2,1H3/t17-,18-/m1/s1. The van der Waals surface area contributed by atoms with Crippen molar-refractivity contribution in [1.29, 1.82) is 0 Å². The molecule has 7 nitrogen and oxygen atoms in total. The van der Waals surface area contributed by atoms with Crippen molar-refractivity contribution in [3.8, 4) is 5.75 Å². The van der Waals surface area contributed by atoms with Gasteiger partial charge in [0.2, 0.25) is 11.8 Å². The van der Waals surface area contributed by atoms with Crippen LogP contribution < -0.4 is 9.64 Å². The minimum Gasteiger partial charge on any atom is -0.497 e. The summed E-state index contributed by atoms with van der Waals surface area (Å²) >= 11 is 6.26. The van der Waals surface area contributed by atoms with Crippen molar-refractivity contribution in [2.45, 2.75) is 25.4 Å². The highest BCUT2D eigenvalue weighted by Gasteiger charge is 2.42. The van der Waals surface area contributed by atoms with E-state index in [-0.39, 0.29) is 42.8 Å². The van der Waals surface area contributed by atoms with Crippen LogP contribution in [-0.2, 0) is 26.0 Å². The molecule has 2 aromatic rings. The average Bonchev–Trinajstić information content (AvgIpc) is 3.34. The van der Waals surface area contributed by atoms with E-state index in [1.54, 1.807) is 41.2 Å². The smallest absolute Gasteiger partial charge is 0.228 e. The maximum Gasteiger partial charge on any atom is 0.228 e. The summed E-state index contributed by atoms with van der Waals surface area (Å²) in [6, 6.07) is 14.0. The van der Waals surface area contributed by atoms with Gasteiger partial charge in [-0.25, -0.2) is 8.42 Å². The van der Waals surface area contributed by atoms with Gasteiger partial charge >= 0.3 is 0 Å². The molecule has 2 saturated heterocycles. The summed E-state index contributed by atoms with van der Waals surface area (Å²) in [7, 11) is -1.60. The van der Waals surface area contributed by atoms with Gasteiger partial charge in [0.25, 0.3) is 0 Å². The van der Waals surface area contributed by atoms with Gasteiger partial charge in [-0.3, -0.25) is 9.59 Å². The van der Waals surface area contributed by atoms with Gasteiger partial charge < -0.3 is 14.5 Å². The number of benzene rings is 2. The van der Waals surface area contributed by atoms with Crippen LogP contribution in [0.4, 0.5) is 5.69 Å². The Hall–Kier alpha value is -2.58. The predicted molar refractivity (Wildman–Crippen MR) is 123 cm³/mol. The van der Waals surface area contributed by atoms with Gasteiger partial charge in [-0.05, 0) is 36.2 Å². The minimum atomic E-state index is -3.18. The highest BCUT2D eigenvalue weighted by molar-refractivity contribution is 7.91. The monoisotopic (exact) mass is 476 g/mol. The van der Waals surface area contributed by atoms with Crippen LogP contribution in [0, 0.1) is 5.92 Å². The largest absolute Gasteiger partial charge is 0.497 e. The number of amides is 2. The SMILES string of the molecule is COc1ccc(CN(C(=O)[C@@H]2CC(=O)N(c3ccccc3Cl)C2)[C@@H]2CCS(=O)(=O)C2)cc1. The lowest BCUT2D eigenvalue weighted by Crippen LogP contribution is -2.44. The number of sulfone groups is 1. The molecule has 0 saturated carbocycles. The second-order valence-electron chi connectivity index (χ2n) is 8.23. The number of para-hydroxylation sites is 1. The van der Waals surface area contributed by atoms with Crippen molar-refractivity contribution in [3.05, 3.63) is 59.1 Å². The lowest BCUT2D eigenvalue weighted by Gasteiger charge is -2.31. The zero-order valence-corrected chi connectivity index (χ0v) is 19.3. The molecule has 2 fully saturated rings. The molecule has 0 unspecified atom stereocenters. The Bertz CT molecular complexity index is 1120. The average molecular weight is 477 g/mol. The van der Waals surface area contributed by atoms with E-state index < -0.39 is 21.8 Å².